The van der Waals surface area contributed by atoms with Crippen LogP contribution in [0.3, 0.4) is 0 Å². The Balaban J connectivity index is 2.12. The zero-order chi connectivity index (χ0) is 13.4. The maximum atomic E-state index is 12.1. The molecule has 0 aliphatic heterocycles. The molecule has 11 heteroatoms. The van der Waals surface area contributed by atoms with Crippen molar-refractivity contribution >= 4 is 11.6 Å². The Hall–Kier alpha value is -3.11. The summed E-state index contributed by atoms with van der Waals surface area (Å²) in [6.07, 6.45) is 2.63. The SMILES string of the molecule is NC(=O)c1ncn2c(=O)n(Cc3cn[nH]n3)nnc12. The smallest absolute Gasteiger partial charge is 0.353 e. The fourth-order valence-corrected chi connectivity index (χ4v) is 1.56. The minimum Gasteiger partial charge on any atom is -0.364 e. The zero-order valence-corrected chi connectivity index (χ0v) is 9.39. The lowest BCUT2D eigenvalue weighted by Crippen LogP contribution is -2.30. The Kier molecular flexibility index (Phi) is 2.30. The largest absolute Gasteiger partial charge is 0.364 e. The van der Waals surface area contributed by atoms with E-state index in [0.717, 1.165) is 9.08 Å². The van der Waals surface area contributed by atoms with Crippen molar-refractivity contribution in [3.8, 4) is 0 Å². The van der Waals surface area contributed by atoms with Crippen LogP contribution >= 0.6 is 0 Å². The molecule has 3 heterocycles. The Morgan fingerprint density at radius 2 is 2.32 bits per heavy atom. The Morgan fingerprint density at radius 3 is 3.00 bits per heavy atom. The lowest BCUT2D eigenvalue weighted by molar-refractivity contribution is 0.0997. The summed E-state index contributed by atoms with van der Waals surface area (Å²) in [5.41, 5.74) is 5.04. The number of amides is 1. The average Bonchev–Trinajstić information content (AvgIpc) is 3.01. The van der Waals surface area contributed by atoms with Gasteiger partial charge in [-0.25, -0.2) is 14.2 Å². The first-order valence-corrected chi connectivity index (χ1v) is 5.12. The fraction of sp³-hybridized carbons (Fsp3) is 0.125. The predicted octanol–water partition coefficient (Wildman–Crippen LogP) is -2.45. The van der Waals surface area contributed by atoms with Crippen molar-refractivity contribution in [3.05, 3.63) is 34.4 Å². The number of imidazole rings is 1. The Labute approximate surface area is 104 Å². The normalized spacial score (nSPS) is 10.9. The minimum absolute atomic E-state index is 0.0221. The quantitative estimate of drug-likeness (QED) is 0.531. The van der Waals surface area contributed by atoms with Gasteiger partial charge in [0.25, 0.3) is 5.91 Å². The number of primary amides is 1. The summed E-state index contributed by atoms with van der Waals surface area (Å²) in [7, 11) is 0. The second kappa shape index (κ2) is 3.97. The first kappa shape index (κ1) is 11.0. The lowest BCUT2D eigenvalue weighted by Gasteiger charge is -2.00. The van der Waals surface area contributed by atoms with Gasteiger partial charge in [-0.2, -0.15) is 20.1 Å². The monoisotopic (exact) mass is 261 g/mol. The Morgan fingerprint density at radius 1 is 1.47 bits per heavy atom. The zero-order valence-electron chi connectivity index (χ0n) is 9.39. The third kappa shape index (κ3) is 1.72. The van der Waals surface area contributed by atoms with Gasteiger partial charge in [0.05, 0.1) is 12.7 Å². The van der Waals surface area contributed by atoms with Gasteiger partial charge in [0.1, 0.15) is 12.0 Å². The van der Waals surface area contributed by atoms with E-state index in [-0.39, 0.29) is 17.9 Å². The van der Waals surface area contributed by atoms with Crippen LogP contribution in [-0.2, 0) is 6.54 Å². The van der Waals surface area contributed by atoms with Gasteiger partial charge in [-0.1, -0.05) is 5.21 Å². The van der Waals surface area contributed by atoms with E-state index >= 15 is 0 Å². The number of aromatic nitrogens is 8. The first-order valence-electron chi connectivity index (χ1n) is 5.12. The summed E-state index contributed by atoms with van der Waals surface area (Å²) in [6, 6.07) is 0. The number of nitrogens with zero attached hydrogens (tertiary/aromatic N) is 7. The van der Waals surface area contributed by atoms with Gasteiger partial charge in [-0.15, -0.1) is 5.10 Å². The van der Waals surface area contributed by atoms with E-state index in [2.05, 4.69) is 30.7 Å². The predicted molar refractivity (Wildman–Crippen MR) is 59.0 cm³/mol. The van der Waals surface area contributed by atoms with E-state index in [4.69, 9.17) is 5.73 Å². The number of hydrogen-bond donors (Lipinski definition) is 2. The molecule has 3 aromatic rings. The van der Waals surface area contributed by atoms with E-state index in [9.17, 15) is 9.59 Å². The molecule has 0 fully saturated rings. The number of rotatable bonds is 3. The van der Waals surface area contributed by atoms with E-state index in [1.165, 1.54) is 12.5 Å². The maximum absolute atomic E-state index is 12.1. The van der Waals surface area contributed by atoms with Gasteiger partial charge in [-0.3, -0.25) is 4.79 Å². The minimum atomic E-state index is -0.773. The van der Waals surface area contributed by atoms with Crippen LogP contribution in [0.15, 0.2) is 17.3 Å². The standard InChI is InChI=1S/C8H7N9O2/c9-6(18)5-7-13-15-17(2-4-1-11-14-12-4)8(19)16(7)3-10-5/h1,3H,2H2,(H2,9,18)(H,11,12,14). The van der Waals surface area contributed by atoms with Crippen LogP contribution in [0.1, 0.15) is 16.2 Å². The van der Waals surface area contributed by atoms with Crippen LogP contribution in [0.5, 0.6) is 0 Å². The molecule has 0 radical (unpaired) electrons. The van der Waals surface area contributed by atoms with Crippen LogP contribution in [-0.4, -0.2) is 45.7 Å². The van der Waals surface area contributed by atoms with Gasteiger partial charge < -0.3 is 5.73 Å². The van der Waals surface area contributed by atoms with Crippen molar-refractivity contribution in [2.24, 2.45) is 5.73 Å². The number of nitrogens with two attached hydrogens (primary N) is 1. The highest BCUT2D eigenvalue weighted by molar-refractivity contribution is 5.96. The van der Waals surface area contributed by atoms with Crippen molar-refractivity contribution in [1.29, 1.82) is 0 Å². The molecule has 0 aromatic carbocycles. The van der Waals surface area contributed by atoms with Gasteiger partial charge in [0.15, 0.2) is 11.3 Å². The van der Waals surface area contributed by atoms with E-state index in [1.807, 2.05) is 0 Å². The van der Waals surface area contributed by atoms with E-state index in [1.54, 1.807) is 0 Å². The molecule has 0 aliphatic rings. The van der Waals surface area contributed by atoms with Crippen LogP contribution in [0.2, 0.25) is 0 Å². The molecular formula is C8H7N9O2. The van der Waals surface area contributed by atoms with Gasteiger partial charge in [0.2, 0.25) is 0 Å². The van der Waals surface area contributed by atoms with Crippen LogP contribution in [0, 0.1) is 0 Å². The summed E-state index contributed by atoms with van der Waals surface area (Å²) in [4.78, 5) is 26.9. The van der Waals surface area contributed by atoms with Crippen molar-refractivity contribution in [2.45, 2.75) is 6.54 Å². The van der Waals surface area contributed by atoms with Gasteiger partial charge in [-0.05, 0) is 0 Å². The molecule has 0 atom stereocenters. The van der Waals surface area contributed by atoms with Crippen LogP contribution in [0.4, 0.5) is 0 Å². The van der Waals surface area contributed by atoms with Crippen LogP contribution in [0.25, 0.3) is 5.65 Å². The first-order chi connectivity index (χ1) is 9.16. The summed E-state index contributed by atoms with van der Waals surface area (Å²) in [5.74, 6) is -0.773. The molecule has 1 amide bonds. The molecule has 3 aromatic heterocycles. The van der Waals surface area contributed by atoms with Gasteiger partial charge in [0, 0.05) is 0 Å². The molecule has 96 valence electrons. The van der Waals surface area contributed by atoms with Crippen molar-refractivity contribution in [1.82, 2.24) is 39.8 Å². The molecule has 0 saturated carbocycles. The van der Waals surface area contributed by atoms with E-state index < -0.39 is 11.6 Å². The number of nitrogens with one attached hydrogen (secondary N) is 1. The number of fused-ring (bicyclic) bond motifs is 1. The second-order valence-corrected chi connectivity index (χ2v) is 3.64. The third-order valence-corrected chi connectivity index (χ3v) is 2.43. The molecule has 19 heavy (non-hydrogen) atoms. The van der Waals surface area contributed by atoms with Crippen LogP contribution < -0.4 is 11.4 Å². The average molecular weight is 261 g/mol. The number of carbonyl (C=O) groups is 1. The van der Waals surface area contributed by atoms with Crippen molar-refractivity contribution in [3.63, 3.8) is 0 Å². The molecular weight excluding hydrogens is 254 g/mol. The third-order valence-electron chi connectivity index (χ3n) is 2.43. The fourth-order valence-electron chi connectivity index (χ4n) is 1.56. The summed E-state index contributed by atoms with van der Waals surface area (Å²) >= 11 is 0. The number of hydrogen-bond acceptors (Lipinski definition) is 7. The lowest BCUT2D eigenvalue weighted by atomic mass is 10.4. The molecule has 0 saturated heterocycles. The Bertz CT molecular complexity index is 799. The molecule has 0 bridgehead atoms. The van der Waals surface area contributed by atoms with Gasteiger partial charge >= 0.3 is 5.69 Å². The molecule has 3 rings (SSSR count). The van der Waals surface area contributed by atoms with Crippen molar-refractivity contribution < 1.29 is 4.79 Å². The number of aromatic amines is 1. The highest BCUT2D eigenvalue weighted by atomic mass is 16.2. The summed E-state index contributed by atoms with van der Waals surface area (Å²) in [6.45, 7) is 0.0996. The highest BCUT2D eigenvalue weighted by Crippen LogP contribution is 2.01. The summed E-state index contributed by atoms with van der Waals surface area (Å²) < 4.78 is 2.16. The molecule has 0 aliphatic carbocycles. The summed E-state index contributed by atoms with van der Waals surface area (Å²) in [5, 5.41) is 17.3. The maximum Gasteiger partial charge on any atom is 0.353 e. The van der Waals surface area contributed by atoms with Crippen molar-refractivity contribution in [2.75, 3.05) is 0 Å². The second-order valence-electron chi connectivity index (χ2n) is 3.64. The number of H-pyrrole nitrogens is 1. The molecule has 0 spiro atoms. The van der Waals surface area contributed by atoms with E-state index in [0.29, 0.717) is 5.69 Å². The topological polar surface area (TPSA) is 150 Å². The molecule has 3 N–H and O–H groups in total. The highest BCUT2D eigenvalue weighted by Gasteiger charge is 2.15. The molecule has 11 nitrogen and oxygen atoms in total. The molecule has 0 unspecified atom stereocenters. The number of carbonyl (C=O) groups excluding carboxylic acids is 1.